The molecule has 0 spiro atoms. The van der Waals surface area contributed by atoms with Gasteiger partial charge in [0.2, 0.25) is 0 Å². The molecule has 1 atom stereocenters. The lowest BCUT2D eigenvalue weighted by molar-refractivity contribution is -0.385. The van der Waals surface area contributed by atoms with Crippen molar-refractivity contribution in [3.63, 3.8) is 0 Å². The number of rotatable bonds is 5. The fourth-order valence-corrected chi connectivity index (χ4v) is 2.13. The Bertz CT molecular complexity index is 745. The maximum absolute atomic E-state index is 12.1. The van der Waals surface area contributed by atoms with Crippen LogP contribution in [0.5, 0.6) is 0 Å². The van der Waals surface area contributed by atoms with Crippen molar-refractivity contribution in [2.24, 2.45) is 0 Å². The zero-order chi connectivity index (χ0) is 17.9. The third-order valence-corrected chi connectivity index (χ3v) is 3.74. The van der Waals surface area contributed by atoms with Crippen LogP contribution in [0, 0.1) is 10.1 Å². The van der Waals surface area contributed by atoms with Gasteiger partial charge >= 0.3 is 6.03 Å². The minimum absolute atomic E-state index is 0.157. The first-order chi connectivity index (χ1) is 11.3. The van der Waals surface area contributed by atoms with Gasteiger partial charge in [0.25, 0.3) is 17.5 Å². The van der Waals surface area contributed by atoms with Crippen molar-refractivity contribution in [2.75, 3.05) is 0 Å². The molecule has 0 radical (unpaired) electrons. The minimum atomic E-state index is -1.06. The lowest BCUT2D eigenvalue weighted by Gasteiger charge is -2.18. The molecule has 126 valence electrons. The van der Waals surface area contributed by atoms with Gasteiger partial charge in [-0.25, -0.2) is 4.79 Å². The first-order valence-electron chi connectivity index (χ1n) is 7.17. The minimum Gasteiger partial charge on any atom is -0.322 e. The van der Waals surface area contributed by atoms with Crippen molar-refractivity contribution in [1.29, 1.82) is 0 Å². The monoisotopic (exact) mass is 332 g/mol. The summed E-state index contributed by atoms with van der Waals surface area (Å²) in [4.78, 5) is 46.2. The largest absolute Gasteiger partial charge is 0.344 e. The van der Waals surface area contributed by atoms with Crippen LogP contribution in [0.4, 0.5) is 10.5 Å². The molecule has 9 nitrogen and oxygen atoms in total. The molecule has 1 heterocycles. The van der Waals surface area contributed by atoms with Crippen molar-refractivity contribution in [1.82, 2.24) is 15.8 Å². The Morgan fingerprint density at radius 2 is 2.08 bits per heavy atom. The summed E-state index contributed by atoms with van der Waals surface area (Å²) in [5.74, 6) is -1.32. The Hall–Kier alpha value is -3.23. The molecule has 0 bridgehead atoms. The molecule has 1 aromatic rings. The molecular formula is C15H16N4O5. The standard InChI is InChI=1S/C15H16N4O5/c1-3-15(2)13(21)18(14(22)16-15)17-12(20)9-8-10-6-4-5-7-11(10)19(23)24/h4-9H,3H2,1-2H3,(H,16,22)(H,17,20). The zero-order valence-electron chi connectivity index (χ0n) is 13.1. The Balaban J connectivity index is 2.11. The molecule has 0 saturated carbocycles. The van der Waals surface area contributed by atoms with Gasteiger partial charge in [0.1, 0.15) is 5.54 Å². The number of carbonyl (C=O) groups is 3. The smallest absolute Gasteiger partial charge is 0.322 e. The number of para-hydroxylation sites is 1. The fraction of sp³-hybridized carbons (Fsp3) is 0.267. The quantitative estimate of drug-likeness (QED) is 0.365. The van der Waals surface area contributed by atoms with Gasteiger partial charge in [-0.3, -0.25) is 25.1 Å². The van der Waals surface area contributed by atoms with Gasteiger partial charge < -0.3 is 5.32 Å². The molecule has 9 heteroatoms. The third-order valence-electron chi connectivity index (χ3n) is 3.74. The molecule has 4 amide bonds. The second-order valence-corrected chi connectivity index (χ2v) is 5.38. The fourth-order valence-electron chi connectivity index (χ4n) is 2.13. The molecular weight excluding hydrogens is 316 g/mol. The number of nitro benzene ring substituents is 1. The van der Waals surface area contributed by atoms with Crippen LogP contribution in [-0.2, 0) is 9.59 Å². The molecule has 1 aliphatic heterocycles. The summed E-state index contributed by atoms with van der Waals surface area (Å²) < 4.78 is 0. The Kier molecular flexibility index (Phi) is 4.63. The first kappa shape index (κ1) is 17.1. The van der Waals surface area contributed by atoms with Crippen LogP contribution < -0.4 is 10.7 Å². The first-order valence-corrected chi connectivity index (χ1v) is 7.17. The van der Waals surface area contributed by atoms with Crippen molar-refractivity contribution in [3.05, 3.63) is 46.0 Å². The third kappa shape index (κ3) is 3.24. The van der Waals surface area contributed by atoms with E-state index in [2.05, 4.69) is 10.7 Å². The highest BCUT2D eigenvalue weighted by molar-refractivity contribution is 6.08. The number of hydrazine groups is 1. The van der Waals surface area contributed by atoms with Crippen LogP contribution in [0.15, 0.2) is 30.3 Å². The number of hydrogen-bond acceptors (Lipinski definition) is 5. The number of nitrogens with one attached hydrogen (secondary N) is 2. The van der Waals surface area contributed by atoms with E-state index in [-0.39, 0.29) is 11.3 Å². The molecule has 0 aliphatic carbocycles. The average molecular weight is 332 g/mol. The molecule has 2 N–H and O–H groups in total. The maximum atomic E-state index is 12.1. The number of nitro groups is 1. The molecule has 1 fully saturated rings. The molecule has 1 unspecified atom stereocenters. The van der Waals surface area contributed by atoms with Gasteiger partial charge in [0, 0.05) is 12.1 Å². The van der Waals surface area contributed by atoms with Crippen molar-refractivity contribution >= 4 is 29.6 Å². The molecule has 2 rings (SSSR count). The van der Waals surface area contributed by atoms with E-state index < -0.39 is 28.3 Å². The van der Waals surface area contributed by atoms with Crippen LogP contribution in [0.1, 0.15) is 25.8 Å². The summed E-state index contributed by atoms with van der Waals surface area (Å²) in [7, 11) is 0. The molecule has 1 aliphatic rings. The highest BCUT2D eigenvalue weighted by Crippen LogP contribution is 2.20. The number of urea groups is 1. The van der Waals surface area contributed by atoms with Crippen LogP contribution in [0.3, 0.4) is 0 Å². The Morgan fingerprint density at radius 1 is 1.42 bits per heavy atom. The average Bonchev–Trinajstić information content (AvgIpc) is 2.77. The van der Waals surface area contributed by atoms with Crippen LogP contribution in [-0.4, -0.2) is 33.3 Å². The van der Waals surface area contributed by atoms with Gasteiger partial charge in [-0.05, 0) is 25.5 Å². The van der Waals surface area contributed by atoms with Crippen molar-refractivity contribution in [2.45, 2.75) is 25.8 Å². The summed E-state index contributed by atoms with van der Waals surface area (Å²) in [6.45, 7) is 3.29. The SMILES string of the molecule is CCC1(C)NC(=O)N(NC(=O)C=Cc2ccccc2[N+](=O)[O-])C1=O. The van der Waals surface area contributed by atoms with E-state index in [1.165, 1.54) is 24.3 Å². The predicted octanol–water partition coefficient (Wildman–Crippen LogP) is 1.36. The van der Waals surface area contributed by atoms with Gasteiger partial charge in [0.05, 0.1) is 10.5 Å². The van der Waals surface area contributed by atoms with Crippen LogP contribution >= 0.6 is 0 Å². The molecule has 24 heavy (non-hydrogen) atoms. The summed E-state index contributed by atoms with van der Waals surface area (Å²) in [5.41, 5.74) is 1.17. The van der Waals surface area contributed by atoms with Gasteiger partial charge in [-0.1, -0.05) is 19.1 Å². The van der Waals surface area contributed by atoms with Crippen molar-refractivity contribution < 1.29 is 19.3 Å². The summed E-state index contributed by atoms with van der Waals surface area (Å²) in [5, 5.41) is 14.0. The summed E-state index contributed by atoms with van der Waals surface area (Å²) >= 11 is 0. The van der Waals surface area contributed by atoms with E-state index >= 15 is 0 Å². The number of imide groups is 1. The molecule has 1 saturated heterocycles. The second kappa shape index (κ2) is 6.49. The topological polar surface area (TPSA) is 122 Å². The number of nitrogens with zero attached hydrogens (tertiary/aromatic N) is 2. The lowest BCUT2D eigenvalue weighted by atomic mass is 10.00. The number of hydrogen-bond donors (Lipinski definition) is 2. The second-order valence-electron chi connectivity index (χ2n) is 5.38. The van der Waals surface area contributed by atoms with Crippen molar-refractivity contribution in [3.8, 4) is 0 Å². The van der Waals surface area contributed by atoms with E-state index in [9.17, 15) is 24.5 Å². The van der Waals surface area contributed by atoms with Gasteiger partial charge in [-0.2, -0.15) is 5.01 Å². The number of amides is 4. The Morgan fingerprint density at radius 3 is 2.67 bits per heavy atom. The highest BCUT2D eigenvalue weighted by Gasteiger charge is 2.47. The van der Waals surface area contributed by atoms with E-state index in [0.717, 1.165) is 6.08 Å². The van der Waals surface area contributed by atoms with E-state index in [0.29, 0.717) is 11.4 Å². The summed E-state index contributed by atoms with van der Waals surface area (Å²) in [6.07, 6.45) is 2.63. The van der Waals surface area contributed by atoms with Crippen LogP contribution in [0.2, 0.25) is 0 Å². The highest BCUT2D eigenvalue weighted by atomic mass is 16.6. The van der Waals surface area contributed by atoms with Gasteiger partial charge in [-0.15, -0.1) is 0 Å². The number of carbonyl (C=O) groups excluding carboxylic acids is 3. The van der Waals surface area contributed by atoms with E-state index in [1.807, 2.05) is 0 Å². The molecule has 1 aromatic carbocycles. The predicted molar refractivity (Wildman–Crippen MR) is 84.3 cm³/mol. The van der Waals surface area contributed by atoms with E-state index in [1.54, 1.807) is 19.9 Å². The van der Waals surface area contributed by atoms with Crippen LogP contribution in [0.25, 0.3) is 6.08 Å². The zero-order valence-corrected chi connectivity index (χ0v) is 13.1. The summed E-state index contributed by atoms with van der Waals surface area (Å²) in [6, 6.07) is 5.16. The lowest BCUT2D eigenvalue weighted by Crippen LogP contribution is -2.48. The Labute approximate surface area is 137 Å². The van der Waals surface area contributed by atoms with E-state index in [4.69, 9.17) is 0 Å². The van der Waals surface area contributed by atoms with Gasteiger partial charge in [0.15, 0.2) is 0 Å². The number of benzene rings is 1. The normalized spacial score (nSPS) is 20.3. The molecule has 0 aromatic heterocycles. The maximum Gasteiger partial charge on any atom is 0.344 e.